The fourth-order valence-corrected chi connectivity index (χ4v) is 3.53. The third kappa shape index (κ3) is 4.67. The lowest BCUT2D eigenvalue weighted by Crippen LogP contribution is -2.03. The van der Waals surface area contributed by atoms with Crippen molar-refractivity contribution < 1.29 is 9.09 Å². The van der Waals surface area contributed by atoms with Crippen molar-refractivity contribution in [2.75, 3.05) is 11.8 Å². The number of hydrogen-bond donors (Lipinski definition) is 1. The maximum atomic E-state index is 12.6. The Morgan fingerprint density at radius 2 is 1.73 bits per heavy atom. The maximum absolute atomic E-state index is 12.6. The highest BCUT2D eigenvalue weighted by molar-refractivity contribution is 7.60. The lowest BCUT2D eigenvalue weighted by atomic mass is 10.0. The summed E-state index contributed by atoms with van der Waals surface area (Å²) in [5.41, 5.74) is 1.68. The van der Waals surface area contributed by atoms with E-state index in [0.717, 1.165) is 0 Å². The molecule has 0 aliphatic carbocycles. The Labute approximate surface area is 141 Å². The first-order valence-corrected chi connectivity index (χ1v) is 9.70. The van der Waals surface area contributed by atoms with Crippen molar-refractivity contribution in [3.05, 3.63) is 58.1 Å². The molecule has 2 aromatic rings. The van der Waals surface area contributed by atoms with Crippen molar-refractivity contribution in [1.29, 1.82) is 0 Å². The maximum Gasteiger partial charge on any atom is 0.338 e. The molecular formula is C16H18Cl2NO2P. The standard InChI is InChI=1S/C16H18Cl2NO2P/c1-11(2)12-4-7-14(8-5-12)21-22(3,20)19-16-10-13(17)6-9-15(16)18/h4-11H,1-3H3,(H,19,20). The number of benzene rings is 2. The van der Waals surface area contributed by atoms with Crippen molar-refractivity contribution in [3.8, 4) is 5.75 Å². The van der Waals surface area contributed by atoms with Gasteiger partial charge in [-0.05, 0) is 41.8 Å². The van der Waals surface area contributed by atoms with Crippen LogP contribution < -0.4 is 9.61 Å². The summed E-state index contributed by atoms with van der Waals surface area (Å²) in [6.07, 6.45) is 0. The van der Waals surface area contributed by atoms with Gasteiger partial charge in [-0.15, -0.1) is 0 Å². The largest absolute Gasteiger partial charge is 0.429 e. The van der Waals surface area contributed by atoms with Crippen LogP contribution >= 0.6 is 30.7 Å². The third-order valence-corrected chi connectivity index (χ3v) is 4.85. The minimum absolute atomic E-state index is 0.435. The van der Waals surface area contributed by atoms with Crippen LogP contribution in [0.15, 0.2) is 42.5 Å². The minimum atomic E-state index is -3.12. The number of rotatable bonds is 5. The molecule has 3 nitrogen and oxygen atoms in total. The van der Waals surface area contributed by atoms with E-state index in [4.69, 9.17) is 27.7 Å². The van der Waals surface area contributed by atoms with Crippen LogP contribution in [0.4, 0.5) is 5.69 Å². The first-order valence-electron chi connectivity index (χ1n) is 6.87. The molecule has 2 rings (SSSR count). The topological polar surface area (TPSA) is 38.3 Å². The molecule has 0 aromatic heterocycles. The van der Waals surface area contributed by atoms with Crippen molar-refractivity contribution in [3.63, 3.8) is 0 Å². The Morgan fingerprint density at radius 3 is 2.32 bits per heavy atom. The number of nitrogens with one attached hydrogen (secondary N) is 1. The second kappa shape index (κ2) is 6.95. The summed E-state index contributed by atoms with van der Waals surface area (Å²) in [6, 6.07) is 12.5. The van der Waals surface area contributed by atoms with Crippen molar-refractivity contribution in [2.24, 2.45) is 0 Å². The van der Waals surface area contributed by atoms with Gasteiger partial charge in [-0.25, -0.2) is 0 Å². The van der Waals surface area contributed by atoms with E-state index in [1.54, 1.807) is 18.2 Å². The summed E-state index contributed by atoms with van der Waals surface area (Å²) in [5, 5.41) is 3.77. The number of anilines is 1. The first kappa shape index (κ1) is 17.2. The highest BCUT2D eigenvalue weighted by atomic mass is 35.5. The van der Waals surface area contributed by atoms with Gasteiger partial charge in [0, 0.05) is 11.7 Å². The van der Waals surface area contributed by atoms with Crippen molar-refractivity contribution >= 4 is 36.4 Å². The van der Waals surface area contributed by atoms with Gasteiger partial charge in [0.1, 0.15) is 5.75 Å². The van der Waals surface area contributed by atoms with E-state index >= 15 is 0 Å². The summed E-state index contributed by atoms with van der Waals surface area (Å²) in [5.74, 6) is 0.978. The molecule has 0 aliphatic heterocycles. The third-order valence-electron chi connectivity index (χ3n) is 3.08. The Hall–Kier alpha value is -1.15. The van der Waals surface area contributed by atoms with Crippen molar-refractivity contribution in [1.82, 2.24) is 0 Å². The SMILES string of the molecule is CC(C)c1ccc(OP(C)(=O)Nc2cc(Cl)ccc2Cl)cc1. The molecule has 1 atom stereocenters. The van der Waals surface area contributed by atoms with E-state index in [0.29, 0.717) is 27.4 Å². The van der Waals surface area contributed by atoms with Gasteiger partial charge in [0.2, 0.25) is 0 Å². The lowest BCUT2D eigenvalue weighted by molar-refractivity contribution is 0.493. The zero-order valence-electron chi connectivity index (χ0n) is 12.6. The van der Waals surface area contributed by atoms with Gasteiger partial charge in [-0.3, -0.25) is 4.57 Å². The average Bonchev–Trinajstić information content (AvgIpc) is 2.42. The monoisotopic (exact) mass is 357 g/mol. The molecule has 0 saturated heterocycles. The zero-order valence-corrected chi connectivity index (χ0v) is 15.0. The van der Waals surface area contributed by atoms with Gasteiger partial charge < -0.3 is 9.61 Å². The fourth-order valence-electron chi connectivity index (χ4n) is 1.94. The number of halogens is 2. The molecule has 6 heteroatoms. The van der Waals surface area contributed by atoms with Crippen LogP contribution in [0.25, 0.3) is 0 Å². The predicted octanol–water partition coefficient (Wildman–Crippen LogP) is 6.43. The van der Waals surface area contributed by atoms with Gasteiger partial charge >= 0.3 is 7.52 Å². The smallest absolute Gasteiger partial charge is 0.338 e. The molecule has 0 aliphatic rings. The molecule has 1 unspecified atom stereocenters. The molecule has 118 valence electrons. The lowest BCUT2D eigenvalue weighted by Gasteiger charge is -2.18. The molecule has 0 spiro atoms. The summed E-state index contributed by atoms with van der Waals surface area (Å²) in [4.78, 5) is 0. The molecular weight excluding hydrogens is 340 g/mol. The van der Waals surface area contributed by atoms with Gasteiger partial charge in [-0.2, -0.15) is 0 Å². The van der Waals surface area contributed by atoms with Crippen LogP contribution in [-0.2, 0) is 4.57 Å². The average molecular weight is 358 g/mol. The molecule has 0 amide bonds. The predicted molar refractivity (Wildman–Crippen MR) is 94.8 cm³/mol. The fraction of sp³-hybridized carbons (Fsp3) is 0.250. The number of hydrogen-bond acceptors (Lipinski definition) is 2. The van der Waals surface area contributed by atoms with Crippen LogP contribution in [0, 0.1) is 0 Å². The molecule has 0 bridgehead atoms. The van der Waals surface area contributed by atoms with E-state index in [2.05, 4.69) is 18.9 Å². The van der Waals surface area contributed by atoms with Crippen LogP contribution in [-0.4, -0.2) is 6.66 Å². The second-order valence-corrected chi connectivity index (χ2v) is 8.34. The Bertz CT molecular complexity index is 702. The summed E-state index contributed by atoms with van der Waals surface area (Å²) in [7, 11) is -3.12. The Balaban J connectivity index is 2.13. The van der Waals surface area contributed by atoms with E-state index < -0.39 is 7.52 Å². The highest BCUT2D eigenvalue weighted by Crippen LogP contribution is 2.45. The van der Waals surface area contributed by atoms with Gasteiger partial charge in [0.05, 0.1) is 10.7 Å². The summed E-state index contributed by atoms with van der Waals surface area (Å²) >= 11 is 12.0. The van der Waals surface area contributed by atoms with Gasteiger partial charge in [0.15, 0.2) is 0 Å². The van der Waals surface area contributed by atoms with E-state index in [1.165, 1.54) is 12.2 Å². The minimum Gasteiger partial charge on any atom is -0.429 e. The molecule has 0 fully saturated rings. The van der Waals surface area contributed by atoms with Crippen molar-refractivity contribution in [2.45, 2.75) is 19.8 Å². The normalized spacial score (nSPS) is 13.7. The highest BCUT2D eigenvalue weighted by Gasteiger charge is 2.19. The van der Waals surface area contributed by atoms with Gasteiger partial charge in [0.25, 0.3) is 0 Å². The quantitative estimate of drug-likeness (QED) is 0.626. The molecule has 1 N–H and O–H groups in total. The van der Waals surface area contributed by atoms with E-state index in [1.807, 2.05) is 24.3 Å². The zero-order chi connectivity index (χ0) is 16.3. The van der Waals surface area contributed by atoms with Gasteiger partial charge in [-0.1, -0.05) is 49.2 Å². The molecule has 2 aromatic carbocycles. The van der Waals surface area contributed by atoms with Crippen LogP contribution in [0.1, 0.15) is 25.3 Å². The summed E-state index contributed by atoms with van der Waals surface area (Å²) in [6.45, 7) is 5.73. The van der Waals surface area contributed by atoms with E-state index in [-0.39, 0.29) is 0 Å². The van der Waals surface area contributed by atoms with Crippen LogP contribution in [0.2, 0.25) is 10.0 Å². The van der Waals surface area contributed by atoms with E-state index in [9.17, 15) is 4.57 Å². The molecule has 0 radical (unpaired) electrons. The Morgan fingerprint density at radius 1 is 1.09 bits per heavy atom. The van der Waals surface area contributed by atoms with Crippen LogP contribution in [0.3, 0.4) is 0 Å². The Kier molecular flexibility index (Phi) is 5.44. The molecule has 22 heavy (non-hydrogen) atoms. The van der Waals surface area contributed by atoms with Crippen LogP contribution in [0.5, 0.6) is 5.75 Å². The summed E-state index contributed by atoms with van der Waals surface area (Å²) < 4.78 is 18.2. The second-order valence-electron chi connectivity index (χ2n) is 5.40. The first-order chi connectivity index (χ1) is 10.3. The molecule has 0 saturated carbocycles. The molecule has 0 heterocycles.